The van der Waals surface area contributed by atoms with Crippen LogP contribution in [0, 0.1) is 6.85 Å². The van der Waals surface area contributed by atoms with Crippen LogP contribution >= 0.6 is 11.3 Å². The second-order valence-electron chi connectivity index (χ2n) is 13.8. The largest absolute Gasteiger partial charge is 0.292 e. The summed E-state index contributed by atoms with van der Waals surface area (Å²) in [5.74, 6) is 1.49. The number of hydrogen-bond acceptors (Lipinski definition) is 2. The van der Waals surface area contributed by atoms with E-state index in [1.54, 1.807) is 17.4 Å². The van der Waals surface area contributed by atoms with E-state index >= 15 is 0 Å². The van der Waals surface area contributed by atoms with Crippen LogP contribution in [0.4, 0.5) is 0 Å². The van der Waals surface area contributed by atoms with Gasteiger partial charge in [-0.2, -0.15) is 0 Å². The highest BCUT2D eigenvalue weighted by molar-refractivity contribution is 7.26. The summed E-state index contributed by atoms with van der Waals surface area (Å²) in [5, 5.41) is 6.56. The summed E-state index contributed by atoms with van der Waals surface area (Å²) < 4.78 is 28.9. The molecule has 9 aromatic rings. The van der Waals surface area contributed by atoms with E-state index in [1.165, 1.54) is 48.1 Å². The molecular formula is C46H38N2S. The summed E-state index contributed by atoms with van der Waals surface area (Å²) in [6, 6.07) is 44.8. The summed E-state index contributed by atoms with van der Waals surface area (Å²) in [4.78, 5) is 5.41. The maximum atomic E-state index is 8.04. The van der Waals surface area contributed by atoms with Gasteiger partial charge in [0.15, 0.2) is 0 Å². The highest BCUT2D eigenvalue weighted by Gasteiger charge is 2.25. The molecule has 0 aliphatic heterocycles. The van der Waals surface area contributed by atoms with Crippen LogP contribution in [0.5, 0.6) is 0 Å². The molecule has 0 radical (unpaired) electrons. The smallest absolute Gasteiger partial charge is 0.147 e. The van der Waals surface area contributed by atoms with Gasteiger partial charge in [-0.3, -0.25) is 4.57 Å². The molecule has 0 saturated heterocycles. The lowest BCUT2D eigenvalue weighted by Crippen LogP contribution is -2.09. The third-order valence-electron chi connectivity index (χ3n) is 10.0. The average Bonchev–Trinajstić information content (AvgIpc) is 3.71. The number of thiophene rings is 1. The first-order valence-electron chi connectivity index (χ1n) is 18.6. The molecule has 0 unspecified atom stereocenters. The van der Waals surface area contributed by atoms with E-state index in [0.29, 0.717) is 5.56 Å². The van der Waals surface area contributed by atoms with Gasteiger partial charge in [-0.15, -0.1) is 11.3 Å². The molecule has 0 N–H and O–H groups in total. The highest BCUT2D eigenvalue weighted by atomic mass is 32.1. The number of nitrogens with zero attached hydrogens (tertiary/aromatic N) is 2. The Morgan fingerprint density at radius 2 is 1.33 bits per heavy atom. The first-order chi connectivity index (χ1) is 25.1. The van der Waals surface area contributed by atoms with Gasteiger partial charge in [0.05, 0.1) is 16.7 Å². The average molecular weight is 654 g/mol. The van der Waals surface area contributed by atoms with Crippen molar-refractivity contribution in [3.63, 3.8) is 0 Å². The van der Waals surface area contributed by atoms with Crippen molar-refractivity contribution < 1.29 is 4.11 Å². The molecule has 3 heteroatoms. The van der Waals surface area contributed by atoms with Crippen LogP contribution in [-0.4, -0.2) is 9.55 Å². The minimum absolute atomic E-state index is 0.276. The zero-order chi connectivity index (χ0) is 35.9. The van der Waals surface area contributed by atoms with Gasteiger partial charge in [0.2, 0.25) is 0 Å². The number of imidazole rings is 1. The predicted molar refractivity (Wildman–Crippen MR) is 213 cm³/mol. The van der Waals surface area contributed by atoms with Crippen LogP contribution in [0.25, 0.3) is 81.0 Å². The molecule has 0 saturated carbocycles. The van der Waals surface area contributed by atoms with Gasteiger partial charge >= 0.3 is 0 Å². The van der Waals surface area contributed by atoms with Crippen molar-refractivity contribution in [2.75, 3.05) is 0 Å². The normalized spacial score (nSPS) is 13.3. The number of fused-ring (bicyclic) bond motifs is 7. The molecule has 2 nitrogen and oxygen atoms in total. The topological polar surface area (TPSA) is 17.8 Å². The Morgan fingerprint density at radius 1 is 0.612 bits per heavy atom. The minimum Gasteiger partial charge on any atom is -0.292 e. The molecule has 9 rings (SSSR count). The van der Waals surface area contributed by atoms with Crippen molar-refractivity contribution in [3.8, 4) is 28.2 Å². The van der Waals surface area contributed by atoms with E-state index in [0.717, 1.165) is 44.0 Å². The van der Waals surface area contributed by atoms with Gasteiger partial charge in [0.25, 0.3) is 0 Å². The SMILES string of the molecule is [2H]C([2H])([2H])c1ccc2ccc3cc4c(cc3c2c1)sc1c(-c2nc3ccccc3n2-c2c(C(C)C)cc(-c3ccccc3)cc2C(C)C)cccc14. The molecule has 2 heterocycles. The zero-order valence-electron chi connectivity index (χ0n) is 31.1. The van der Waals surface area contributed by atoms with E-state index in [4.69, 9.17) is 9.10 Å². The van der Waals surface area contributed by atoms with E-state index in [2.05, 4.69) is 141 Å². The first-order valence-corrected chi connectivity index (χ1v) is 17.9. The summed E-state index contributed by atoms with van der Waals surface area (Å²) >= 11 is 1.79. The minimum atomic E-state index is -2.16. The summed E-state index contributed by atoms with van der Waals surface area (Å²) in [5.41, 5.74) is 9.80. The van der Waals surface area contributed by atoms with Gasteiger partial charge < -0.3 is 0 Å². The molecule has 49 heavy (non-hydrogen) atoms. The van der Waals surface area contributed by atoms with Gasteiger partial charge in [0.1, 0.15) is 5.82 Å². The lowest BCUT2D eigenvalue weighted by atomic mass is 9.88. The molecule has 0 atom stereocenters. The molecule has 0 bridgehead atoms. The molecule has 0 amide bonds. The maximum Gasteiger partial charge on any atom is 0.147 e. The van der Waals surface area contributed by atoms with Crippen molar-refractivity contribution in [2.45, 2.75) is 46.4 Å². The summed E-state index contributed by atoms with van der Waals surface area (Å²) in [6.45, 7) is 7.00. The van der Waals surface area contributed by atoms with Crippen molar-refractivity contribution in [1.29, 1.82) is 0 Å². The van der Waals surface area contributed by atoms with Crippen LogP contribution in [0.3, 0.4) is 0 Å². The van der Waals surface area contributed by atoms with E-state index < -0.39 is 6.85 Å². The highest BCUT2D eigenvalue weighted by Crippen LogP contribution is 2.45. The fraction of sp³-hybridized carbons (Fsp3) is 0.152. The fourth-order valence-corrected chi connectivity index (χ4v) is 8.80. The van der Waals surface area contributed by atoms with E-state index in [-0.39, 0.29) is 11.8 Å². The number of hydrogen-bond donors (Lipinski definition) is 0. The van der Waals surface area contributed by atoms with Gasteiger partial charge in [-0.25, -0.2) is 4.98 Å². The van der Waals surface area contributed by atoms with E-state index in [9.17, 15) is 0 Å². The Labute approximate surface area is 295 Å². The van der Waals surface area contributed by atoms with Crippen LogP contribution in [0.15, 0.2) is 127 Å². The fourth-order valence-electron chi connectivity index (χ4n) is 7.57. The Hall–Kier alpha value is -5.25. The third kappa shape index (κ3) is 4.79. The Balaban J connectivity index is 1.33. The third-order valence-corrected chi connectivity index (χ3v) is 11.2. The molecule has 0 spiro atoms. The second-order valence-corrected chi connectivity index (χ2v) is 14.8. The van der Waals surface area contributed by atoms with Crippen molar-refractivity contribution in [3.05, 3.63) is 144 Å². The summed E-state index contributed by atoms with van der Waals surface area (Å²) in [6.07, 6.45) is 0. The number of rotatable bonds is 5. The Bertz CT molecular complexity index is 2810. The van der Waals surface area contributed by atoms with E-state index in [1.807, 2.05) is 12.1 Å². The predicted octanol–water partition coefficient (Wildman–Crippen LogP) is 13.6. The second kappa shape index (κ2) is 11.4. The molecule has 238 valence electrons. The van der Waals surface area contributed by atoms with Crippen molar-refractivity contribution in [2.24, 2.45) is 0 Å². The number of benzene rings is 7. The van der Waals surface area contributed by atoms with Crippen LogP contribution in [0.2, 0.25) is 0 Å². The van der Waals surface area contributed by atoms with Crippen LogP contribution in [0.1, 0.15) is 60.3 Å². The molecule has 0 aliphatic rings. The molecule has 0 aliphatic carbocycles. The van der Waals surface area contributed by atoms with Crippen molar-refractivity contribution >= 4 is 64.1 Å². The molecule has 2 aromatic heterocycles. The lowest BCUT2D eigenvalue weighted by molar-refractivity contribution is 0.812. The van der Waals surface area contributed by atoms with Gasteiger partial charge in [-0.05, 0) is 105 Å². The summed E-state index contributed by atoms with van der Waals surface area (Å²) in [7, 11) is 0. The lowest BCUT2D eigenvalue weighted by Gasteiger charge is -2.24. The van der Waals surface area contributed by atoms with Crippen LogP contribution in [-0.2, 0) is 0 Å². The number of aryl methyl sites for hydroxylation is 1. The first kappa shape index (κ1) is 26.7. The monoisotopic (exact) mass is 653 g/mol. The molecular weight excluding hydrogens is 613 g/mol. The Kier molecular flexibility index (Phi) is 6.22. The van der Waals surface area contributed by atoms with Gasteiger partial charge in [-0.1, -0.05) is 118 Å². The zero-order valence-corrected chi connectivity index (χ0v) is 28.9. The molecule has 7 aromatic carbocycles. The van der Waals surface area contributed by atoms with Crippen molar-refractivity contribution in [1.82, 2.24) is 9.55 Å². The van der Waals surface area contributed by atoms with Gasteiger partial charge in [0, 0.05) is 29.8 Å². The number of aromatic nitrogens is 2. The Morgan fingerprint density at radius 3 is 2.10 bits per heavy atom. The standard InChI is InChI=1S/C46H38N2S/c1-27(2)36-24-33(30-12-7-6-8-13-30)25-37(28(3)4)44(36)48-42-17-10-9-16-41(42)47-46(48)35-15-11-14-34-40-23-32-21-20-31-19-18-29(5)22-38(31)39(32)26-43(40)49-45(34)35/h6-28H,1-5H3/i5D3. The number of para-hydroxylation sites is 2. The maximum absolute atomic E-state index is 8.04. The molecule has 0 fully saturated rings. The quantitative estimate of drug-likeness (QED) is 0.169. The van der Waals surface area contributed by atoms with Crippen LogP contribution < -0.4 is 0 Å².